The van der Waals surface area contributed by atoms with Gasteiger partial charge in [0, 0.05) is 22.7 Å². The highest BCUT2D eigenvalue weighted by Gasteiger charge is 2.31. The number of hydrogen-bond donors (Lipinski definition) is 0. The third-order valence-corrected chi connectivity index (χ3v) is 5.52. The van der Waals surface area contributed by atoms with E-state index in [9.17, 15) is 9.59 Å². The molecule has 0 bridgehead atoms. The van der Waals surface area contributed by atoms with Gasteiger partial charge in [-0.05, 0) is 35.4 Å². The van der Waals surface area contributed by atoms with Crippen LogP contribution in [0.1, 0.15) is 16.7 Å². The molecule has 0 spiro atoms. The van der Waals surface area contributed by atoms with E-state index in [1.54, 1.807) is 6.20 Å². The minimum Gasteiger partial charge on any atom is -0.487 e. The van der Waals surface area contributed by atoms with Crippen molar-refractivity contribution >= 4 is 40.4 Å². The lowest BCUT2D eigenvalue weighted by Gasteiger charge is -2.12. The fourth-order valence-corrected chi connectivity index (χ4v) is 4.00. The summed E-state index contributed by atoms with van der Waals surface area (Å²) in [6.07, 6.45) is 4.35. The number of ether oxygens (including phenoxy) is 1. The van der Waals surface area contributed by atoms with E-state index in [4.69, 9.17) is 4.74 Å². The van der Waals surface area contributed by atoms with Crippen LogP contribution in [-0.4, -0.2) is 23.7 Å². The van der Waals surface area contributed by atoms with Gasteiger partial charge in [-0.3, -0.25) is 9.78 Å². The molecular weight excluding hydrogens is 400 g/mol. The molecule has 32 heavy (non-hydrogen) atoms. The SMILES string of the molecule is O=CCN1C(=O)C(=Cc2ccc(OCc3ccccc3)c3ncccc23)c2ccccc21. The molecule has 4 aromatic rings. The lowest BCUT2D eigenvalue weighted by Crippen LogP contribution is -2.28. The summed E-state index contributed by atoms with van der Waals surface area (Å²) in [6.45, 7) is 0.473. The van der Waals surface area contributed by atoms with Gasteiger partial charge in [-0.2, -0.15) is 0 Å². The number of pyridine rings is 1. The van der Waals surface area contributed by atoms with Gasteiger partial charge < -0.3 is 14.4 Å². The van der Waals surface area contributed by atoms with Gasteiger partial charge in [-0.15, -0.1) is 0 Å². The highest BCUT2D eigenvalue weighted by molar-refractivity contribution is 6.36. The van der Waals surface area contributed by atoms with Gasteiger partial charge in [0.15, 0.2) is 0 Å². The van der Waals surface area contributed by atoms with E-state index in [0.717, 1.165) is 39.6 Å². The molecule has 156 valence electrons. The monoisotopic (exact) mass is 420 g/mol. The minimum absolute atomic E-state index is 0.0295. The van der Waals surface area contributed by atoms with Crippen LogP contribution in [0.5, 0.6) is 5.75 Å². The molecule has 0 fully saturated rings. The van der Waals surface area contributed by atoms with Crippen LogP contribution in [0.3, 0.4) is 0 Å². The number of aldehydes is 1. The lowest BCUT2D eigenvalue weighted by atomic mass is 10.0. The molecule has 1 aromatic heterocycles. The van der Waals surface area contributed by atoms with Crippen molar-refractivity contribution in [2.75, 3.05) is 11.4 Å². The third-order valence-electron chi connectivity index (χ3n) is 5.52. The molecule has 5 rings (SSSR count). The summed E-state index contributed by atoms with van der Waals surface area (Å²) in [5.41, 5.74) is 4.81. The zero-order chi connectivity index (χ0) is 21.9. The molecule has 0 unspecified atom stereocenters. The van der Waals surface area contributed by atoms with E-state index in [2.05, 4.69) is 4.98 Å². The quantitative estimate of drug-likeness (QED) is 0.329. The van der Waals surface area contributed by atoms with Crippen LogP contribution in [0.2, 0.25) is 0 Å². The fraction of sp³-hybridized carbons (Fsp3) is 0.0741. The Kier molecular flexibility index (Phi) is 5.22. The summed E-state index contributed by atoms with van der Waals surface area (Å²) in [4.78, 5) is 30.2. The average molecular weight is 420 g/mol. The van der Waals surface area contributed by atoms with Gasteiger partial charge in [-0.1, -0.05) is 60.7 Å². The van der Waals surface area contributed by atoms with Crippen LogP contribution in [0.4, 0.5) is 5.69 Å². The van der Waals surface area contributed by atoms with Gasteiger partial charge in [0.1, 0.15) is 24.2 Å². The number of carbonyl (C=O) groups excluding carboxylic acids is 2. The Bertz CT molecular complexity index is 1350. The summed E-state index contributed by atoms with van der Waals surface area (Å²) in [7, 11) is 0. The molecule has 0 N–H and O–H groups in total. The maximum absolute atomic E-state index is 13.1. The number of fused-ring (bicyclic) bond motifs is 2. The fourth-order valence-electron chi connectivity index (χ4n) is 4.00. The first kappa shape index (κ1) is 19.7. The summed E-state index contributed by atoms with van der Waals surface area (Å²) < 4.78 is 6.06. The Morgan fingerprint density at radius 3 is 2.56 bits per heavy atom. The Morgan fingerprint density at radius 1 is 0.906 bits per heavy atom. The van der Waals surface area contributed by atoms with E-state index >= 15 is 0 Å². The molecule has 3 aromatic carbocycles. The van der Waals surface area contributed by atoms with Crippen LogP contribution < -0.4 is 9.64 Å². The zero-order valence-corrected chi connectivity index (χ0v) is 17.3. The van der Waals surface area contributed by atoms with Gasteiger partial charge in [0.2, 0.25) is 0 Å². The van der Waals surface area contributed by atoms with E-state index in [0.29, 0.717) is 17.9 Å². The van der Waals surface area contributed by atoms with Crippen molar-refractivity contribution in [3.63, 3.8) is 0 Å². The smallest absolute Gasteiger partial charge is 0.259 e. The molecule has 0 radical (unpaired) electrons. The van der Waals surface area contributed by atoms with Crippen LogP contribution in [0.25, 0.3) is 22.6 Å². The first-order valence-corrected chi connectivity index (χ1v) is 10.4. The topological polar surface area (TPSA) is 59.5 Å². The highest BCUT2D eigenvalue weighted by Crippen LogP contribution is 2.38. The van der Waals surface area contributed by atoms with E-state index in [1.165, 1.54) is 4.90 Å². The number of para-hydroxylation sites is 1. The van der Waals surface area contributed by atoms with Crippen LogP contribution in [0.15, 0.2) is 85.1 Å². The van der Waals surface area contributed by atoms with E-state index < -0.39 is 0 Å². The molecule has 0 saturated carbocycles. The number of anilines is 1. The molecule has 1 aliphatic heterocycles. The van der Waals surface area contributed by atoms with Crippen molar-refractivity contribution in [2.45, 2.75) is 6.61 Å². The Morgan fingerprint density at radius 2 is 1.72 bits per heavy atom. The number of hydrogen-bond acceptors (Lipinski definition) is 4. The zero-order valence-electron chi connectivity index (χ0n) is 17.3. The second-order valence-electron chi connectivity index (χ2n) is 7.48. The molecular formula is C27H20N2O3. The first-order chi connectivity index (χ1) is 15.8. The van der Waals surface area contributed by atoms with Crippen molar-refractivity contribution in [2.24, 2.45) is 0 Å². The van der Waals surface area contributed by atoms with Crippen molar-refractivity contribution < 1.29 is 14.3 Å². The molecule has 1 aliphatic rings. The number of rotatable bonds is 6. The summed E-state index contributed by atoms with van der Waals surface area (Å²) in [5.74, 6) is 0.507. The van der Waals surface area contributed by atoms with Crippen LogP contribution in [0, 0.1) is 0 Å². The van der Waals surface area contributed by atoms with Gasteiger partial charge in [0.25, 0.3) is 5.91 Å². The minimum atomic E-state index is -0.181. The first-order valence-electron chi connectivity index (χ1n) is 10.4. The predicted molar refractivity (Wildman–Crippen MR) is 125 cm³/mol. The highest BCUT2D eigenvalue weighted by atomic mass is 16.5. The second kappa shape index (κ2) is 8.47. The Balaban J connectivity index is 1.55. The third kappa shape index (κ3) is 3.54. The molecule has 0 saturated heterocycles. The van der Waals surface area contributed by atoms with Crippen molar-refractivity contribution in [1.82, 2.24) is 4.98 Å². The molecule has 0 atom stereocenters. The maximum atomic E-state index is 13.1. The Hall–Kier alpha value is -4.25. The molecule has 1 amide bonds. The van der Waals surface area contributed by atoms with E-state index in [1.807, 2.05) is 84.9 Å². The van der Waals surface area contributed by atoms with E-state index in [-0.39, 0.29) is 12.5 Å². The molecule has 5 heteroatoms. The van der Waals surface area contributed by atoms with Gasteiger partial charge in [-0.25, -0.2) is 0 Å². The maximum Gasteiger partial charge on any atom is 0.259 e. The van der Waals surface area contributed by atoms with Gasteiger partial charge in [0.05, 0.1) is 12.2 Å². The number of nitrogens with zero attached hydrogens (tertiary/aromatic N) is 2. The number of carbonyl (C=O) groups is 2. The predicted octanol–water partition coefficient (Wildman–Crippen LogP) is 4.90. The van der Waals surface area contributed by atoms with Crippen molar-refractivity contribution in [1.29, 1.82) is 0 Å². The normalized spacial score (nSPS) is 14.1. The number of benzene rings is 3. The summed E-state index contributed by atoms with van der Waals surface area (Å²) >= 11 is 0. The van der Waals surface area contributed by atoms with Crippen LogP contribution >= 0.6 is 0 Å². The van der Waals surface area contributed by atoms with Gasteiger partial charge >= 0.3 is 0 Å². The van der Waals surface area contributed by atoms with Crippen molar-refractivity contribution in [3.05, 3.63) is 102 Å². The Labute approximate surface area is 185 Å². The number of aromatic nitrogens is 1. The second-order valence-corrected chi connectivity index (χ2v) is 7.48. The van der Waals surface area contributed by atoms with Crippen LogP contribution in [-0.2, 0) is 16.2 Å². The molecule has 2 heterocycles. The summed E-state index contributed by atoms with van der Waals surface area (Å²) in [5, 5.41) is 0.893. The molecule has 0 aliphatic carbocycles. The molecule has 5 nitrogen and oxygen atoms in total. The van der Waals surface area contributed by atoms with Crippen molar-refractivity contribution in [3.8, 4) is 5.75 Å². The lowest BCUT2D eigenvalue weighted by molar-refractivity contribution is -0.114. The number of amides is 1. The summed E-state index contributed by atoms with van der Waals surface area (Å²) in [6, 6.07) is 25.2. The largest absolute Gasteiger partial charge is 0.487 e. The average Bonchev–Trinajstić information content (AvgIpc) is 3.10. The standard InChI is InChI=1S/C27H20N2O3/c30-16-15-29-24-11-5-4-9-22(24)23(27(29)31)17-20-12-13-25(26-21(20)10-6-14-28-26)32-18-19-7-2-1-3-8-19/h1-14,16-17H,15,18H2.